The second-order valence-corrected chi connectivity index (χ2v) is 7.71. The topological polar surface area (TPSA) is 80.6 Å². The Labute approximate surface area is 133 Å². The van der Waals surface area contributed by atoms with Crippen LogP contribution in [0.4, 0.5) is 0 Å². The van der Waals surface area contributed by atoms with E-state index in [1.54, 1.807) is 20.1 Å². The number of hydrogen-bond acceptors (Lipinski definition) is 5. The lowest BCUT2D eigenvalue weighted by molar-refractivity contribution is 0.188. The fourth-order valence-electron chi connectivity index (χ4n) is 1.88. The van der Waals surface area contributed by atoms with Crippen molar-refractivity contribution in [2.24, 2.45) is 0 Å². The molecule has 0 aliphatic heterocycles. The third-order valence-corrected chi connectivity index (χ3v) is 5.70. The molecule has 120 valence electrons. The summed E-state index contributed by atoms with van der Waals surface area (Å²) in [6.07, 6.45) is 2.96. The normalized spacial score (nSPS) is 17.1. The number of furan rings is 1. The molecule has 2 N–H and O–H groups in total. The van der Waals surface area contributed by atoms with Crippen molar-refractivity contribution in [3.8, 4) is 0 Å². The third-order valence-electron chi connectivity index (χ3n) is 3.25. The molecule has 0 bridgehead atoms. The summed E-state index contributed by atoms with van der Waals surface area (Å²) in [5.74, 6) is 0.610. The highest BCUT2D eigenvalue weighted by Gasteiger charge is 2.25. The molecular weight excluding hydrogens is 360 g/mol. The molecule has 1 aliphatic carbocycles. The van der Waals surface area contributed by atoms with Gasteiger partial charge in [-0.3, -0.25) is 0 Å². The Bertz CT molecular complexity index is 569. The summed E-state index contributed by atoms with van der Waals surface area (Å²) in [5.41, 5.74) is 0. The number of hydrogen-bond donors (Lipinski definition) is 2. The Balaban J connectivity index is 2.00. The van der Waals surface area contributed by atoms with Crippen molar-refractivity contribution in [3.63, 3.8) is 0 Å². The maximum Gasteiger partial charge on any atom is 0.245 e. The predicted molar refractivity (Wildman–Crippen MR) is 82.5 cm³/mol. The number of halogens is 1. The zero-order chi connectivity index (χ0) is 15.5. The third kappa shape index (κ3) is 5.07. The molecule has 0 spiro atoms. The summed E-state index contributed by atoms with van der Waals surface area (Å²) in [4.78, 5) is 0.138. The molecule has 1 saturated carbocycles. The van der Waals surface area contributed by atoms with Crippen molar-refractivity contribution in [3.05, 3.63) is 16.5 Å². The summed E-state index contributed by atoms with van der Waals surface area (Å²) in [7, 11) is -2.01. The Hall–Kier alpha value is -0.410. The summed E-state index contributed by atoms with van der Waals surface area (Å²) >= 11 is 3.18. The monoisotopic (exact) mass is 380 g/mol. The van der Waals surface area contributed by atoms with Crippen LogP contribution in [-0.4, -0.2) is 34.2 Å². The van der Waals surface area contributed by atoms with Gasteiger partial charge in [-0.2, -0.15) is 0 Å². The first kappa shape index (κ1) is 17.0. The highest BCUT2D eigenvalue weighted by Crippen LogP contribution is 2.27. The molecule has 1 unspecified atom stereocenters. The maximum atomic E-state index is 12.3. The summed E-state index contributed by atoms with van der Waals surface area (Å²) < 4.78 is 37.9. The smallest absolute Gasteiger partial charge is 0.245 e. The zero-order valence-electron chi connectivity index (χ0n) is 12.2. The first-order valence-corrected chi connectivity index (χ1v) is 9.23. The number of ether oxygens (including phenoxy) is 1. The lowest BCUT2D eigenvalue weighted by Gasteiger charge is -2.12. The summed E-state index contributed by atoms with van der Waals surface area (Å²) in [5, 5.41) is 3.29. The van der Waals surface area contributed by atoms with Gasteiger partial charge >= 0.3 is 0 Å². The van der Waals surface area contributed by atoms with E-state index in [9.17, 15) is 8.42 Å². The lowest BCUT2D eigenvalue weighted by atomic mass is 10.3. The van der Waals surface area contributed by atoms with Gasteiger partial charge in [-0.1, -0.05) is 0 Å². The number of nitrogens with one attached hydrogen (secondary N) is 2. The molecule has 1 aromatic heterocycles. The molecule has 0 saturated heterocycles. The molecule has 0 radical (unpaired) electrons. The van der Waals surface area contributed by atoms with Gasteiger partial charge in [-0.25, -0.2) is 13.1 Å². The van der Waals surface area contributed by atoms with Crippen LogP contribution in [0.15, 0.2) is 20.0 Å². The maximum absolute atomic E-state index is 12.3. The molecule has 0 amide bonds. The quantitative estimate of drug-likeness (QED) is 0.684. The van der Waals surface area contributed by atoms with Crippen LogP contribution in [0.25, 0.3) is 0 Å². The van der Waals surface area contributed by atoms with Crippen LogP contribution in [-0.2, 0) is 21.3 Å². The van der Waals surface area contributed by atoms with Gasteiger partial charge in [0.25, 0.3) is 0 Å². The molecule has 1 heterocycles. The first-order chi connectivity index (χ1) is 9.92. The summed E-state index contributed by atoms with van der Waals surface area (Å²) in [6.45, 7) is 2.85. The van der Waals surface area contributed by atoms with Crippen LogP contribution in [0, 0.1) is 0 Å². The molecule has 1 aromatic rings. The summed E-state index contributed by atoms with van der Waals surface area (Å²) in [6, 6.07) is 1.90. The molecule has 2 rings (SSSR count). The SMILES string of the molecule is COCCC(C)NS(=O)(=O)c1cc(CNC2CC2)oc1Br. The fourth-order valence-corrected chi connectivity index (χ4v) is 4.16. The van der Waals surface area contributed by atoms with Crippen LogP contribution in [0.5, 0.6) is 0 Å². The van der Waals surface area contributed by atoms with E-state index in [4.69, 9.17) is 9.15 Å². The van der Waals surface area contributed by atoms with E-state index in [2.05, 4.69) is 26.0 Å². The van der Waals surface area contributed by atoms with Gasteiger partial charge < -0.3 is 14.5 Å². The van der Waals surface area contributed by atoms with Crippen molar-refractivity contribution in [1.29, 1.82) is 0 Å². The second kappa shape index (κ2) is 7.23. The van der Waals surface area contributed by atoms with Crippen molar-refractivity contribution >= 4 is 26.0 Å². The van der Waals surface area contributed by atoms with Gasteiger partial charge in [0, 0.05) is 31.9 Å². The van der Waals surface area contributed by atoms with Crippen LogP contribution < -0.4 is 10.0 Å². The van der Waals surface area contributed by atoms with E-state index in [1.807, 2.05) is 0 Å². The van der Waals surface area contributed by atoms with Gasteiger partial charge in [-0.05, 0) is 42.1 Å². The van der Waals surface area contributed by atoms with E-state index >= 15 is 0 Å². The van der Waals surface area contributed by atoms with Gasteiger partial charge in [-0.15, -0.1) is 0 Å². The minimum absolute atomic E-state index is 0.138. The first-order valence-electron chi connectivity index (χ1n) is 6.95. The fraction of sp³-hybridized carbons (Fsp3) is 0.692. The Morgan fingerprint density at radius 3 is 2.86 bits per heavy atom. The largest absolute Gasteiger partial charge is 0.452 e. The highest BCUT2D eigenvalue weighted by molar-refractivity contribution is 9.10. The van der Waals surface area contributed by atoms with Gasteiger partial charge in [0.1, 0.15) is 10.7 Å². The van der Waals surface area contributed by atoms with E-state index in [1.165, 1.54) is 12.8 Å². The average Bonchev–Trinajstić information content (AvgIpc) is 3.15. The minimum Gasteiger partial charge on any atom is -0.452 e. The molecule has 0 aromatic carbocycles. The van der Waals surface area contributed by atoms with Crippen molar-refractivity contribution in [1.82, 2.24) is 10.0 Å². The minimum atomic E-state index is -3.60. The van der Waals surface area contributed by atoms with Crippen molar-refractivity contribution < 1.29 is 17.6 Å². The molecule has 8 heteroatoms. The second-order valence-electron chi connectivity index (χ2n) is 5.31. The van der Waals surface area contributed by atoms with Crippen LogP contribution >= 0.6 is 15.9 Å². The number of rotatable bonds is 9. The van der Waals surface area contributed by atoms with Crippen molar-refractivity contribution in [2.45, 2.75) is 49.7 Å². The number of sulfonamides is 1. The molecular formula is C13H21BrN2O4S. The lowest BCUT2D eigenvalue weighted by Crippen LogP contribution is -2.33. The molecule has 1 atom stereocenters. The molecule has 6 nitrogen and oxygen atoms in total. The Morgan fingerprint density at radius 2 is 2.24 bits per heavy atom. The van der Waals surface area contributed by atoms with E-state index in [0.717, 1.165) is 0 Å². The average molecular weight is 381 g/mol. The van der Waals surface area contributed by atoms with Gasteiger partial charge in [0.05, 0.1) is 6.54 Å². The van der Waals surface area contributed by atoms with Crippen LogP contribution in [0.3, 0.4) is 0 Å². The van der Waals surface area contributed by atoms with Crippen LogP contribution in [0.1, 0.15) is 31.9 Å². The molecule has 1 fully saturated rings. The van der Waals surface area contributed by atoms with E-state index in [0.29, 0.717) is 31.4 Å². The van der Waals surface area contributed by atoms with E-state index < -0.39 is 10.0 Å². The standard InChI is InChI=1S/C13H21BrN2O4S/c1-9(5-6-19-2)16-21(17,18)12-7-11(20-13(12)14)8-15-10-3-4-10/h7,9-10,15-16H,3-6,8H2,1-2H3. The predicted octanol–water partition coefficient (Wildman–Crippen LogP) is 2.00. The van der Waals surface area contributed by atoms with Gasteiger partial charge in [0.2, 0.25) is 10.0 Å². The number of methoxy groups -OCH3 is 1. The van der Waals surface area contributed by atoms with Crippen molar-refractivity contribution in [2.75, 3.05) is 13.7 Å². The molecule has 1 aliphatic rings. The van der Waals surface area contributed by atoms with Crippen LogP contribution in [0.2, 0.25) is 0 Å². The Morgan fingerprint density at radius 1 is 1.52 bits per heavy atom. The Kier molecular flexibility index (Phi) is 5.84. The highest BCUT2D eigenvalue weighted by atomic mass is 79.9. The molecule has 21 heavy (non-hydrogen) atoms. The van der Waals surface area contributed by atoms with Gasteiger partial charge in [0.15, 0.2) is 4.67 Å². The van der Waals surface area contributed by atoms with E-state index in [-0.39, 0.29) is 15.6 Å². The zero-order valence-corrected chi connectivity index (χ0v) is 14.6.